The van der Waals surface area contributed by atoms with Crippen molar-refractivity contribution in [1.82, 2.24) is 4.31 Å². The monoisotopic (exact) mass is 362 g/mol. The summed E-state index contributed by atoms with van der Waals surface area (Å²) in [6.07, 6.45) is 0.466. The molecule has 0 bridgehead atoms. The molecule has 2 aromatic carbocycles. The van der Waals surface area contributed by atoms with E-state index in [0.29, 0.717) is 18.0 Å². The minimum Gasteiger partial charge on any atom is -0.393 e. The maximum atomic E-state index is 13.0. The van der Waals surface area contributed by atoms with Gasteiger partial charge in [-0.3, -0.25) is 0 Å². The third kappa shape index (κ3) is 4.63. The van der Waals surface area contributed by atoms with Crippen molar-refractivity contribution in [1.29, 1.82) is 0 Å². The summed E-state index contributed by atoms with van der Waals surface area (Å²) in [6.45, 7) is 4.10. The first-order valence-electron chi connectivity index (χ1n) is 7.73. The molecule has 0 heterocycles. The van der Waals surface area contributed by atoms with Gasteiger partial charge in [-0.05, 0) is 37.1 Å². The summed E-state index contributed by atoms with van der Waals surface area (Å²) in [6, 6.07) is 16.2. The summed E-state index contributed by atoms with van der Waals surface area (Å²) in [5, 5.41) is 0. The standard InChI is InChI=1S/C18H22N2O2S2/c1-14(2)20(13-16-6-4-3-5-7-16)24(21,22)17-10-8-15(9-11-17)12-18(19)23/h3-11,14H,12-13H2,1-2H3,(H2,19,23). The van der Waals surface area contributed by atoms with Crippen LogP contribution in [0.4, 0.5) is 0 Å². The number of hydrogen-bond acceptors (Lipinski definition) is 3. The van der Waals surface area contributed by atoms with Crippen LogP contribution < -0.4 is 5.73 Å². The fraction of sp³-hybridized carbons (Fsp3) is 0.278. The maximum absolute atomic E-state index is 13.0. The van der Waals surface area contributed by atoms with Crippen molar-refractivity contribution in [2.45, 2.75) is 37.8 Å². The molecule has 0 aliphatic heterocycles. The van der Waals surface area contributed by atoms with Crippen LogP contribution in [0.3, 0.4) is 0 Å². The summed E-state index contributed by atoms with van der Waals surface area (Å²) in [7, 11) is -3.57. The quantitative estimate of drug-likeness (QED) is 0.769. The largest absolute Gasteiger partial charge is 0.393 e. The number of sulfonamides is 1. The molecule has 2 aromatic rings. The summed E-state index contributed by atoms with van der Waals surface area (Å²) in [5.74, 6) is 0. The van der Waals surface area contributed by atoms with Crippen LogP contribution in [0, 0.1) is 0 Å². The van der Waals surface area contributed by atoms with Gasteiger partial charge in [0.25, 0.3) is 0 Å². The lowest BCUT2D eigenvalue weighted by Crippen LogP contribution is -2.36. The van der Waals surface area contributed by atoms with E-state index in [1.807, 2.05) is 44.2 Å². The summed E-state index contributed by atoms with van der Waals surface area (Å²) < 4.78 is 27.5. The first kappa shape index (κ1) is 18.6. The Labute approximate surface area is 149 Å². The predicted molar refractivity (Wildman–Crippen MR) is 101 cm³/mol. The van der Waals surface area contributed by atoms with Gasteiger partial charge < -0.3 is 5.73 Å². The Morgan fingerprint density at radius 1 is 1.04 bits per heavy atom. The highest BCUT2D eigenvalue weighted by Crippen LogP contribution is 2.21. The number of nitrogens with zero attached hydrogens (tertiary/aromatic N) is 1. The smallest absolute Gasteiger partial charge is 0.243 e. The third-order valence-electron chi connectivity index (χ3n) is 3.67. The molecule has 4 nitrogen and oxygen atoms in total. The number of thiocarbonyl (C=S) groups is 1. The van der Waals surface area contributed by atoms with E-state index >= 15 is 0 Å². The SMILES string of the molecule is CC(C)N(Cc1ccccc1)S(=O)(=O)c1ccc(CC(N)=S)cc1. The number of benzene rings is 2. The molecule has 128 valence electrons. The van der Waals surface area contributed by atoms with E-state index in [0.717, 1.165) is 11.1 Å². The minimum atomic E-state index is -3.57. The van der Waals surface area contributed by atoms with Gasteiger partial charge in [0, 0.05) is 19.0 Å². The second kappa shape index (κ2) is 7.88. The number of rotatable bonds is 7. The molecule has 6 heteroatoms. The van der Waals surface area contributed by atoms with Crippen molar-refractivity contribution in [2.24, 2.45) is 5.73 Å². The average Bonchev–Trinajstić information content (AvgIpc) is 2.53. The lowest BCUT2D eigenvalue weighted by Gasteiger charge is -2.26. The molecule has 0 aromatic heterocycles. The molecule has 0 aliphatic rings. The van der Waals surface area contributed by atoms with Gasteiger partial charge in [0.05, 0.1) is 9.88 Å². The second-order valence-electron chi connectivity index (χ2n) is 5.92. The molecule has 0 fully saturated rings. The van der Waals surface area contributed by atoms with E-state index in [4.69, 9.17) is 18.0 Å². The van der Waals surface area contributed by atoms with Gasteiger partial charge >= 0.3 is 0 Å². The number of nitrogens with two attached hydrogens (primary N) is 1. The molecular formula is C18H22N2O2S2. The summed E-state index contributed by atoms with van der Waals surface area (Å²) in [5.41, 5.74) is 7.39. The first-order chi connectivity index (χ1) is 11.3. The van der Waals surface area contributed by atoms with E-state index in [2.05, 4.69) is 0 Å². The third-order valence-corrected chi connectivity index (χ3v) is 5.85. The zero-order valence-corrected chi connectivity index (χ0v) is 15.5. The van der Waals surface area contributed by atoms with Crippen molar-refractivity contribution >= 4 is 27.2 Å². The molecule has 0 amide bonds. The van der Waals surface area contributed by atoms with Crippen LogP contribution in [-0.2, 0) is 23.0 Å². The topological polar surface area (TPSA) is 63.4 Å². The van der Waals surface area contributed by atoms with Crippen LogP contribution in [0.2, 0.25) is 0 Å². The van der Waals surface area contributed by atoms with E-state index in [1.165, 1.54) is 4.31 Å². The van der Waals surface area contributed by atoms with Crippen LogP contribution >= 0.6 is 12.2 Å². The van der Waals surface area contributed by atoms with Crippen molar-refractivity contribution in [3.8, 4) is 0 Å². The van der Waals surface area contributed by atoms with E-state index in [-0.39, 0.29) is 10.9 Å². The fourth-order valence-corrected chi connectivity index (χ4v) is 4.22. The Balaban J connectivity index is 2.29. The Morgan fingerprint density at radius 3 is 2.12 bits per heavy atom. The molecule has 2 rings (SSSR count). The zero-order chi connectivity index (χ0) is 17.7. The molecule has 0 saturated heterocycles. The molecule has 0 unspecified atom stereocenters. The molecular weight excluding hydrogens is 340 g/mol. The van der Waals surface area contributed by atoms with Crippen molar-refractivity contribution in [3.63, 3.8) is 0 Å². The molecule has 0 atom stereocenters. The van der Waals surface area contributed by atoms with Crippen LogP contribution in [0.15, 0.2) is 59.5 Å². The van der Waals surface area contributed by atoms with Gasteiger partial charge in [-0.1, -0.05) is 54.7 Å². The van der Waals surface area contributed by atoms with Crippen LogP contribution in [0.25, 0.3) is 0 Å². The lowest BCUT2D eigenvalue weighted by molar-refractivity contribution is 0.348. The van der Waals surface area contributed by atoms with E-state index < -0.39 is 10.0 Å². The zero-order valence-electron chi connectivity index (χ0n) is 13.8. The Hall–Kier alpha value is -1.76. The molecule has 2 N–H and O–H groups in total. The fourth-order valence-electron chi connectivity index (χ4n) is 2.42. The van der Waals surface area contributed by atoms with Crippen molar-refractivity contribution in [3.05, 3.63) is 65.7 Å². The Morgan fingerprint density at radius 2 is 1.62 bits per heavy atom. The van der Waals surface area contributed by atoms with Gasteiger partial charge in [-0.2, -0.15) is 4.31 Å². The van der Waals surface area contributed by atoms with Crippen molar-refractivity contribution < 1.29 is 8.42 Å². The molecule has 0 spiro atoms. The average molecular weight is 363 g/mol. The van der Waals surface area contributed by atoms with Gasteiger partial charge in [0.1, 0.15) is 0 Å². The van der Waals surface area contributed by atoms with E-state index in [9.17, 15) is 8.42 Å². The summed E-state index contributed by atoms with van der Waals surface area (Å²) in [4.78, 5) is 0.664. The highest BCUT2D eigenvalue weighted by Gasteiger charge is 2.27. The van der Waals surface area contributed by atoms with Gasteiger partial charge in [-0.25, -0.2) is 8.42 Å². The lowest BCUT2D eigenvalue weighted by atomic mass is 10.1. The molecule has 0 aliphatic carbocycles. The molecule has 0 saturated carbocycles. The highest BCUT2D eigenvalue weighted by molar-refractivity contribution is 7.89. The molecule has 0 radical (unpaired) electrons. The first-order valence-corrected chi connectivity index (χ1v) is 9.58. The Kier molecular flexibility index (Phi) is 6.10. The van der Waals surface area contributed by atoms with Crippen LogP contribution in [-0.4, -0.2) is 23.8 Å². The molecule has 24 heavy (non-hydrogen) atoms. The minimum absolute atomic E-state index is 0.147. The highest BCUT2D eigenvalue weighted by atomic mass is 32.2. The van der Waals surface area contributed by atoms with Crippen molar-refractivity contribution in [2.75, 3.05) is 0 Å². The second-order valence-corrected chi connectivity index (χ2v) is 8.33. The van der Waals surface area contributed by atoms with Crippen LogP contribution in [0.1, 0.15) is 25.0 Å². The summed E-state index contributed by atoms with van der Waals surface area (Å²) >= 11 is 4.88. The maximum Gasteiger partial charge on any atom is 0.243 e. The number of hydrogen-bond donors (Lipinski definition) is 1. The normalized spacial score (nSPS) is 11.8. The van der Waals surface area contributed by atoms with Gasteiger partial charge in [-0.15, -0.1) is 0 Å². The van der Waals surface area contributed by atoms with E-state index in [1.54, 1.807) is 24.3 Å². The van der Waals surface area contributed by atoms with Gasteiger partial charge in [0.15, 0.2) is 0 Å². The van der Waals surface area contributed by atoms with Crippen LogP contribution in [0.5, 0.6) is 0 Å². The predicted octanol–water partition coefficient (Wildman–Crippen LogP) is 3.11. The Bertz CT molecular complexity index is 786. The van der Waals surface area contributed by atoms with Gasteiger partial charge in [0.2, 0.25) is 10.0 Å².